The van der Waals surface area contributed by atoms with E-state index in [0.717, 1.165) is 32.2 Å². The van der Waals surface area contributed by atoms with E-state index in [-0.39, 0.29) is 17.7 Å². The first kappa shape index (κ1) is 15.5. The van der Waals surface area contributed by atoms with Crippen LogP contribution in [0.3, 0.4) is 0 Å². The first-order chi connectivity index (χ1) is 10.2. The van der Waals surface area contributed by atoms with Gasteiger partial charge in [0.1, 0.15) is 0 Å². The molecule has 1 aromatic carbocycles. The average molecular weight is 288 g/mol. The molecule has 1 fully saturated rings. The van der Waals surface area contributed by atoms with Gasteiger partial charge in [0.25, 0.3) is 5.91 Å². The van der Waals surface area contributed by atoms with Crippen molar-refractivity contribution < 1.29 is 9.59 Å². The smallest absolute Gasteiger partial charge is 0.253 e. The van der Waals surface area contributed by atoms with Gasteiger partial charge in [-0.3, -0.25) is 9.59 Å². The topological polar surface area (TPSA) is 49.4 Å². The third-order valence-electron chi connectivity index (χ3n) is 3.78. The van der Waals surface area contributed by atoms with Crippen LogP contribution in [-0.2, 0) is 4.79 Å². The summed E-state index contributed by atoms with van der Waals surface area (Å²) >= 11 is 0. The standard InChI is InChI=1S/C17H24N2O2/c1-3-5-11-19(4-2)17(21)14-7-6-8-15(12-14)18-16(20)13-9-10-13/h6-8,12-13H,3-5,9-11H2,1-2H3,(H,18,20). The average Bonchev–Trinajstić information content (AvgIpc) is 3.33. The molecule has 0 radical (unpaired) electrons. The highest BCUT2D eigenvalue weighted by Crippen LogP contribution is 2.30. The van der Waals surface area contributed by atoms with E-state index in [2.05, 4.69) is 12.2 Å². The molecule has 114 valence electrons. The Labute approximate surface area is 126 Å². The van der Waals surface area contributed by atoms with Gasteiger partial charge in [-0.25, -0.2) is 0 Å². The lowest BCUT2D eigenvalue weighted by atomic mass is 10.1. The summed E-state index contributed by atoms with van der Waals surface area (Å²) in [5.74, 6) is 0.271. The van der Waals surface area contributed by atoms with Crippen LogP contribution in [0.5, 0.6) is 0 Å². The Morgan fingerprint density at radius 1 is 1.29 bits per heavy atom. The largest absolute Gasteiger partial charge is 0.339 e. The maximum Gasteiger partial charge on any atom is 0.253 e. The van der Waals surface area contributed by atoms with Crippen molar-refractivity contribution in [2.45, 2.75) is 39.5 Å². The van der Waals surface area contributed by atoms with Crippen LogP contribution in [0, 0.1) is 5.92 Å². The Bertz CT molecular complexity index is 509. The maximum atomic E-state index is 12.5. The summed E-state index contributed by atoms with van der Waals surface area (Å²) in [6.07, 6.45) is 4.04. The van der Waals surface area contributed by atoms with Crippen molar-refractivity contribution in [2.24, 2.45) is 5.92 Å². The number of carbonyl (C=O) groups is 2. The lowest BCUT2D eigenvalue weighted by Crippen LogP contribution is -2.31. The number of benzene rings is 1. The van der Waals surface area contributed by atoms with Crippen LogP contribution < -0.4 is 5.32 Å². The third-order valence-corrected chi connectivity index (χ3v) is 3.78. The number of anilines is 1. The van der Waals surface area contributed by atoms with Crippen molar-refractivity contribution >= 4 is 17.5 Å². The number of rotatable bonds is 7. The van der Waals surface area contributed by atoms with Crippen molar-refractivity contribution in [2.75, 3.05) is 18.4 Å². The van der Waals surface area contributed by atoms with Gasteiger partial charge in [0.05, 0.1) is 0 Å². The lowest BCUT2D eigenvalue weighted by Gasteiger charge is -2.21. The number of hydrogen-bond acceptors (Lipinski definition) is 2. The minimum atomic E-state index is 0.0356. The maximum absolute atomic E-state index is 12.5. The van der Waals surface area contributed by atoms with Crippen LogP contribution >= 0.6 is 0 Å². The summed E-state index contributed by atoms with van der Waals surface area (Å²) in [7, 11) is 0. The van der Waals surface area contributed by atoms with Crippen LogP contribution in [0.25, 0.3) is 0 Å². The molecule has 0 bridgehead atoms. The first-order valence-electron chi connectivity index (χ1n) is 7.86. The van der Waals surface area contributed by atoms with E-state index in [9.17, 15) is 9.59 Å². The van der Waals surface area contributed by atoms with E-state index >= 15 is 0 Å². The molecule has 4 heteroatoms. The molecule has 2 rings (SSSR count). The van der Waals surface area contributed by atoms with Crippen LogP contribution in [0.4, 0.5) is 5.69 Å². The van der Waals surface area contributed by atoms with Crippen molar-refractivity contribution in [3.8, 4) is 0 Å². The SMILES string of the molecule is CCCCN(CC)C(=O)c1cccc(NC(=O)C2CC2)c1. The molecule has 1 saturated carbocycles. The molecular weight excluding hydrogens is 264 g/mol. The second kappa shape index (κ2) is 7.25. The number of amides is 2. The predicted molar refractivity (Wildman–Crippen MR) is 84.3 cm³/mol. The van der Waals surface area contributed by atoms with Crippen LogP contribution in [0.1, 0.15) is 49.9 Å². The van der Waals surface area contributed by atoms with E-state index in [1.807, 2.05) is 30.0 Å². The summed E-state index contributed by atoms with van der Waals surface area (Å²) in [6, 6.07) is 7.24. The number of hydrogen-bond donors (Lipinski definition) is 1. The fourth-order valence-electron chi connectivity index (χ4n) is 2.25. The van der Waals surface area contributed by atoms with Crippen molar-refractivity contribution in [3.05, 3.63) is 29.8 Å². The molecule has 0 unspecified atom stereocenters. The zero-order valence-corrected chi connectivity index (χ0v) is 12.9. The van der Waals surface area contributed by atoms with Gasteiger partial charge in [0.2, 0.25) is 5.91 Å². The predicted octanol–water partition coefficient (Wildman–Crippen LogP) is 3.30. The number of nitrogens with zero attached hydrogens (tertiary/aromatic N) is 1. The van der Waals surface area contributed by atoms with E-state index in [1.54, 1.807) is 6.07 Å². The number of unbranched alkanes of at least 4 members (excludes halogenated alkanes) is 1. The molecule has 1 aliphatic rings. The summed E-state index contributed by atoms with van der Waals surface area (Å²) in [5.41, 5.74) is 1.35. The van der Waals surface area contributed by atoms with Crippen molar-refractivity contribution in [1.29, 1.82) is 0 Å². The molecule has 2 amide bonds. The molecular formula is C17H24N2O2. The summed E-state index contributed by atoms with van der Waals surface area (Å²) in [5, 5.41) is 2.89. The second-order valence-electron chi connectivity index (χ2n) is 5.58. The van der Waals surface area contributed by atoms with Gasteiger partial charge in [-0.05, 0) is 44.4 Å². The molecule has 0 aliphatic heterocycles. The summed E-state index contributed by atoms with van der Waals surface area (Å²) in [6.45, 7) is 5.60. The highest BCUT2D eigenvalue weighted by atomic mass is 16.2. The third kappa shape index (κ3) is 4.31. The molecule has 0 saturated heterocycles. The molecule has 21 heavy (non-hydrogen) atoms. The van der Waals surface area contributed by atoms with Gasteiger partial charge in [-0.15, -0.1) is 0 Å². The van der Waals surface area contributed by atoms with Crippen LogP contribution in [-0.4, -0.2) is 29.8 Å². The van der Waals surface area contributed by atoms with Gasteiger partial charge in [-0.1, -0.05) is 19.4 Å². The Balaban J connectivity index is 2.04. The molecule has 0 heterocycles. The van der Waals surface area contributed by atoms with E-state index < -0.39 is 0 Å². The molecule has 4 nitrogen and oxygen atoms in total. The van der Waals surface area contributed by atoms with Gasteiger partial charge in [0.15, 0.2) is 0 Å². The number of nitrogens with one attached hydrogen (secondary N) is 1. The Morgan fingerprint density at radius 2 is 2.05 bits per heavy atom. The van der Waals surface area contributed by atoms with Crippen molar-refractivity contribution in [1.82, 2.24) is 4.90 Å². The normalized spacial score (nSPS) is 13.8. The number of carbonyl (C=O) groups excluding carboxylic acids is 2. The molecule has 0 aromatic heterocycles. The lowest BCUT2D eigenvalue weighted by molar-refractivity contribution is -0.117. The Hall–Kier alpha value is -1.84. The fraction of sp³-hybridized carbons (Fsp3) is 0.529. The monoisotopic (exact) mass is 288 g/mol. The minimum absolute atomic E-state index is 0.0356. The van der Waals surface area contributed by atoms with Crippen LogP contribution in [0.15, 0.2) is 24.3 Å². The van der Waals surface area contributed by atoms with Gasteiger partial charge >= 0.3 is 0 Å². The highest BCUT2D eigenvalue weighted by molar-refractivity contribution is 5.98. The van der Waals surface area contributed by atoms with Gasteiger partial charge in [0, 0.05) is 30.3 Å². The summed E-state index contributed by atoms with van der Waals surface area (Å²) < 4.78 is 0. The zero-order chi connectivity index (χ0) is 15.2. The highest BCUT2D eigenvalue weighted by Gasteiger charge is 2.29. The molecule has 1 aromatic rings. The quantitative estimate of drug-likeness (QED) is 0.837. The summed E-state index contributed by atoms with van der Waals surface area (Å²) in [4.78, 5) is 26.1. The second-order valence-corrected chi connectivity index (χ2v) is 5.58. The zero-order valence-electron chi connectivity index (χ0n) is 12.9. The Kier molecular flexibility index (Phi) is 5.37. The van der Waals surface area contributed by atoms with Crippen molar-refractivity contribution in [3.63, 3.8) is 0 Å². The van der Waals surface area contributed by atoms with Gasteiger partial charge in [-0.2, -0.15) is 0 Å². The molecule has 0 atom stereocenters. The molecule has 1 aliphatic carbocycles. The van der Waals surface area contributed by atoms with E-state index in [0.29, 0.717) is 17.8 Å². The first-order valence-corrected chi connectivity index (χ1v) is 7.86. The Morgan fingerprint density at radius 3 is 2.67 bits per heavy atom. The fourth-order valence-corrected chi connectivity index (χ4v) is 2.25. The van der Waals surface area contributed by atoms with Crippen LogP contribution in [0.2, 0.25) is 0 Å². The van der Waals surface area contributed by atoms with Gasteiger partial charge < -0.3 is 10.2 Å². The van der Waals surface area contributed by atoms with E-state index in [1.165, 1.54) is 0 Å². The molecule has 1 N–H and O–H groups in total. The minimum Gasteiger partial charge on any atom is -0.339 e. The van der Waals surface area contributed by atoms with E-state index in [4.69, 9.17) is 0 Å². The molecule has 0 spiro atoms.